The molecule has 1 aliphatic heterocycles. The van der Waals surface area contributed by atoms with E-state index in [0.29, 0.717) is 12.5 Å². The van der Waals surface area contributed by atoms with Gasteiger partial charge in [-0.15, -0.1) is 11.3 Å². The van der Waals surface area contributed by atoms with Crippen molar-refractivity contribution >= 4 is 17.2 Å². The monoisotopic (exact) mass is 319 g/mol. The Labute approximate surface area is 134 Å². The molecule has 22 heavy (non-hydrogen) atoms. The molecule has 1 saturated heterocycles. The van der Waals surface area contributed by atoms with E-state index in [4.69, 9.17) is 4.42 Å². The second kappa shape index (κ2) is 6.62. The molecule has 1 aliphatic rings. The number of furan rings is 1. The van der Waals surface area contributed by atoms with Crippen LogP contribution < -0.4 is 0 Å². The smallest absolute Gasteiger partial charge is 0.228 e. The summed E-state index contributed by atoms with van der Waals surface area (Å²) in [6.45, 7) is 1.69. The standard InChI is InChI=1S/C16H21N3O2S/c1-18(2)13-5-7-19(8-6-13)15(20)10-12-11-22-16(17-12)14-4-3-9-21-14/h3-4,9,11,13H,5-8,10H2,1-2H3. The maximum atomic E-state index is 12.4. The average molecular weight is 319 g/mol. The van der Waals surface area contributed by atoms with Crippen LogP contribution in [0.2, 0.25) is 0 Å². The van der Waals surface area contributed by atoms with Crippen molar-refractivity contribution in [2.75, 3.05) is 27.2 Å². The Balaban J connectivity index is 1.56. The molecule has 0 aliphatic carbocycles. The molecular formula is C16H21N3O2S. The lowest BCUT2D eigenvalue weighted by molar-refractivity contribution is -0.132. The largest absolute Gasteiger partial charge is 0.462 e. The lowest BCUT2D eigenvalue weighted by atomic mass is 10.0. The van der Waals surface area contributed by atoms with Crippen molar-refractivity contribution in [3.8, 4) is 10.8 Å². The molecule has 1 fully saturated rings. The van der Waals surface area contributed by atoms with Gasteiger partial charge in [-0.2, -0.15) is 0 Å². The maximum absolute atomic E-state index is 12.4. The molecule has 1 amide bonds. The quantitative estimate of drug-likeness (QED) is 0.869. The summed E-state index contributed by atoms with van der Waals surface area (Å²) in [6, 6.07) is 4.32. The molecule has 3 heterocycles. The highest BCUT2D eigenvalue weighted by Gasteiger charge is 2.24. The highest BCUT2D eigenvalue weighted by molar-refractivity contribution is 7.13. The van der Waals surface area contributed by atoms with Crippen molar-refractivity contribution in [3.63, 3.8) is 0 Å². The van der Waals surface area contributed by atoms with E-state index in [0.717, 1.165) is 42.4 Å². The van der Waals surface area contributed by atoms with Crippen molar-refractivity contribution in [2.24, 2.45) is 0 Å². The third-order valence-electron chi connectivity index (χ3n) is 4.16. The molecule has 118 valence electrons. The molecule has 0 N–H and O–H groups in total. The van der Waals surface area contributed by atoms with Crippen LogP contribution in [0.1, 0.15) is 18.5 Å². The Bertz CT molecular complexity index is 613. The van der Waals surface area contributed by atoms with Crippen LogP contribution in [0.4, 0.5) is 0 Å². The molecule has 6 heteroatoms. The zero-order chi connectivity index (χ0) is 15.5. The highest BCUT2D eigenvalue weighted by atomic mass is 32.1. The van der Waals surface area contributed by atoms with E-state index in [1.165, 1.54) is 11.3 Å². The van der Waals surface area contributed by atoms with Crippen LogP contribution in [0.15, 0.2) is 28.2 Å². The summed E-state index contributed by atoms with van der Waals surface area (Å²) in [6.07, 6.45) is 4.11. The number of aromatic nitrogens is 1. The van der Waals surface area contributed by atoms with E-state index < -0.39 is 0 Å². The number of rotatable bonds is 4. The molecular weight excluding hydrogens is 298 g/mol. The van der Waals surface area contributed by atoms with Crippen molar-refractivity contribution in [2.45, 2.75) is 25.3 Å². The van der Waals surface area contributed by atoms with Crippen LogP contribution in [-0.4, -0.2) is 53.9 Å². The zero-order valence-electron chi connectivity index (χ0n) is 13.0. The van der Waals surface area contributed by atoms with E-state index in [9.17, 15) is 4.79 Å². The number of thiazole rings is 1. The van der Waals surface area contributed by atoms with Gasteiger partial charge >= 0.3 is 0 Å². The summed E-state index contributed by atoms with van der Waals surface area (Å²) in [5, 5.41) is 2.78. The van der Waals surface area contributed by atoms with Gasteiger partial charge < -0.3 is 14.2 Å². The van der Waals surface area contributed by atoms with Gasteiger partial charge in [-0.05, 0) is 39.1 Å². The predicted octanol–water partition coefficient (Wildman–Crippen LogP) is 2.50. The van der Waals surface area contributed by atoms with E-state index >= 15 is 0 Å². The van der Waals surface area contributed by atoms with Gasteiger partial charge in [0.05, 0.1) is 18.4 Å². The fourth-order valence-corrected chi connectivity index (χ4v) is 3.59. The first-order valence-corrected chi connectivity index (χ1v) is 8.44. The summed E-state index contributed by atoms with van der Waals surface area (Å²) in [5.41, 5.74) is 0.830. The molecule has 0 radical (unpaired) electrons. The summed E-state index contributed by atoms with van der Waals surface area (Å²) in [4.78, 5) is 21.1. The van der Waals surface area contributed by atoms with Crippen molar-refractivity contribution in [1.82, 2.24) is 14.8 Å². The van der Waals surface area contributed by atoms with Gasteiger partial charge in [-0.1, -0.05) is 0 Å². The highest BCUT2D eigenvalue weighted by Crippen LogP contribution is 2.24. The second-order valence-electron chi connectivity index (χ2n) is 5.87. The van der Waals surface area contributed by atoms with Crippen LogP contribution in [-0.2, 0) is 11.2 Å². The fraction of sp³-hybridized carbons (Fsp3) is 0.500. The summed E-state index contributed by atoms with van der Waals surface area (Å²) in [5.74, 6) is 0.934. The summed E-state index contributed by atoms with van der Waals surface area (Å²) in [7, 11) is 4.21. The van der Waals surface area contributed by atoms with Gasteiger partial charge in [0, 0.05) is 24.5 Å². The molecule has 3 rings (SSSR count). The van der Waals surface area contributed by atoms with Crippen LogP contribution in [0.3, 0.4) is 0 Å². The summed E-state index contributed by atoms with van der Waals surface area (Å²) >= 11 is 1.52. The van der Waals surface area contributed by atoms with Crippen molar-refractivity contribution in [1.29, 1.82) is 0 Å². The molecule has 2 aromatic rings. The van der Waals surface area contributed by atoms with E-state index in [1.54, 1.807) is 6.26 Å². The normalized spacial score (nSPS) is 16.4. The first kappa shape index (κ1) is 15.2. The lowest BCUT2D eigenvalue weighted by Gasteiger charge is -2.35. The number of hydrogen-bond acceptors (Lipinski definition) is 5. The fourth-order valence-electron chi connectivity index (χ4n) is 2.80. The van der Waals surface area contributed by atoms with Gasteiger partial charge in [0.25, 0.3) is 0 Å². The van der Waals surface area contributed by atoms with Crippen molar-refractivity contribution < 1.29 is 9.21 Å². The molecule has 5 nitrogen and oxygen atoms in total. The second-order valence-corrected chi connectivity index (χ2v) is 6.73. The van der Waals surface area contributed by atoms with E-state index in [1.807, 2.05) is 22.4 Å². The van der Waals surface area contributed by atoms with Gasteiger partial charge in [-0.25, -0.2) is 4.98 Å². The van der Waals surface area contributed by atoms with Gasteiger partial charge in [-0.3, -0.25) is 4.79 Å². The van der Waals surface area contributed by atoms with E-state index in [2.05, 4.69) is 24.0 Å². The Morgan fingerprint density at radius 2 is 2.23 bits per heavy atom. The van der Waals surface area contributed by atoms with Crippen LogP contribution in [0, 0.1) is 0 Å². The van der Waals surface area contributed by atoms with Crippen LogP contribution in [0.5, 0.6) is 0 Å². The van der Waals surface area contributed by atoms with E-state index in [-0.39, 0.29) is 5.91 Å². The first-order valence-electron chi connectivity index (χ1n) is 7.56. The Hall–Kier alpha value is -1.66. The molecule has 0 unspecified atom stereocenters. The number of hydrogen-bond donors (Lipinski definition) is 0. The van der Waals surface area contributed by atoms with Gasteiger partial charge in [0.15, 0.2) is 10.8 Å². The Morgan fingerprint density at radius 3 is 2.86 bits per heavy atom. The SMILES string of the molecule is CN(C)C1CCN(C(=O)Cc2csc(-c3ccco3)n2)CC1. The van der Waals surface area contributed by atoms with Crippen LogP contribution in [0.25, 0.3) is 10.8 Å². The number of likely N-dealkylation sites (tertiary alicyclic amines) is 1. The van der Waals surface area contributed by atoms with Gasteiger partial charge in [0.2, 0.25) is 5.91 Å². The van der Waals surface area contributed by atoms with Crippen LogP contribution >= 0.6 is 11.3 Å². The molecule has 0 atom stereocenters. The van der Waals surface area contributed by atoms with Gasteiger partial charge in [0.1, 0.15) is 0 Å². The Morgan fingerprint density at radius 1 is 1.45 bits per heavy atom. The molecule has 0 saturated carbocycles. The molecule has 0 spiro atoms. The predicted molar refractivity (Wildman–Crippen MR) is 86.8 cm³/mol. The molecule has 0 bridgehead atoms. The molecule has 2 aromatic heterocycles. The number of carbonyl (C=O) groups is 1. The number of amides is 1. The lowest BCUT2D eigenvalue weighted by Crippen LogP contribution is -2.45. The zero-order valence-corrected chi connectivity index (χ0v) is 13.8. The third-order valence-corrected chi connectivity index (χ3v) is 5.07. The first-order chi connectivity index (χ1) is 10.6. The summed E-state index contributed by atoms with van der Waals surface area (Å²) < 4.78 is 5.34. The minimum absolute atomic E-state index is 0.175. The minimum Gasteiger partial charge on any atom is -0.462 e. The number of nitrogens with zero attached hydrogens (tertiary/aromatic N) is 3. The number of piperidine rings is 1. The molecule has 0 aromatic carbocycles. The number of carbonyl (C=O) groups excluding carboxylic acids is 1. The third kappa shape index (κ3) is 3.39. The maximum Gasteiger partial charge on any atom is 0.228 e. The topological polar surface area (TPSA) is 49.6 Å². The minimum atomic E-state index is 0.175. The Kier molecular flexibility index (Phi) is 4.59. The average Bonchev–Trinajstić information content (AvgIpc) is 3.18. The van der Waals surface area contributed by atoms with Crippen molar-refractivity contribution in [3.05, 3.63) is 29.5 Å².